The fourth-order valence-corrected chi connectivity index (χ4v) is 2.65. The van der Waals surface area contributed by atoms with Crippen LogP contribution < -0.4 is 5.32 Å². The molecule has 1 N–H and O–H groups in total. The molecule has 120 valence electrons. The van der Waals surface area contributed by atoms with E-state index >= 15 is 0 Å². The summed E-state index contributed by atoms with van der Waals surface area (Å²) in [5.74, 6) is -1.52. The third-order valence-electron chi connectivity index (χ3n) is 3.87. The second-order valence-electron chi connectivity index (χ2n) is 5.53. The molecule has 1 aliphatic rings. The molecule has 0 radical (unpaired) electrons. The zero-order valence-electron chi connectivity index (χ0n) is 12.9. The molecule has 0 spiro atoms. The predicted molar refractivity (Wildman–Crippen MR) is 85.9 cm³/mol. The van der Waals surface area contributed by atoms with Crippen LogP contribution in [0.3, 0.4) is 0 Å². The minimum atomic E-state index is -0.563. The second kappa shape index (κ2) is 6.08. The predicted octanol–water partition coefficient (Wildman–Crippen LogP) is 1.65. The number of amides is 3. The second-order valence-corrected chi connectivity index (χ2v) is 5.53. The monoisotopic (exact) mass is 322 g/mol. The van der Waals surface area contributed by atoms with Gasteiger partial charge in [-0.2, -0.15) is 0 Å². The van der Waals surface area contributed by atoms with Gasteiger partial charge in [-0.05, 0) is 17.7 Å². The minimum Gasteiger partial charge on any atom is -0.337 e. The first-order chi connectivity index (χ1) is 11.5. The van der Waals surface area contributed by atoms with Gasteiger partial charge in [-0.3, -0.25) is 24.5 Å². The molecule has 6 nitrogen and oxygen atoms in total. The number of fused-ring (bicyclic) bond motifs is 1. The minimum absolute atomic E-state index is 0.0866. The summed E-state index contributed by atoms with van der Waals surface area (Å²) >= 11 is 0. The third kappa shape index (κ3) is 2.69. The average molecular weight is 322 g/mol. The van der Waals surface area contributed by atoms with Crippen LogP contribution in [0.1, 0.15) is 47.0 Å². The van der Waals surface area contributed by atoms with E-state index < -0.39 is 17.7 Å². The maximum absolute atomic E-state index is 12.7. The van der Waals surface area contributed by atoms with Crippen molar-refractivity contribution >= 4 is 24.0 Å². The summed E-state index contributed by atoms with van der Waals surface area (Å²) in [5.41, 5.74) is 1.36. The maximum Gasteiger partial charge on any atom is 0.258 e. The van der Waals surface area contributed by atoms with E-state index in [-0.39, 0.29) is 22.3 Å². The van der Waals surface area contributed by atoms with Gasteiger partial charge in [-0.25, -0.2) is 0 Å². The lowest BCUT2D eigenvalue weighted by atomic mass is 9.99. The molecule has 0 saturated carbocycles. The number of benzene rings is 2. The fraction of sp³-hybridized carbons (Fsp3) is 0.111. The maximum atomic E-state index is 12.7. The van der Waals surface area contributed by atoms with Gasteiger partial charge >= 0.3 is 0 Å². The number of hydrogen-bond donors (Lipinski definition) is 1. The summed E-state index contributed by atoms with van der Waals surface area (Å²) in [6.07, 6.45) is 0.514. The smallest absolute Gasteiger partial charge is 0.258 e. The zero-order chi connectivity index (χ0) is 17.3. The van der Waals surface area contributed by atoms with Crippen LogP contribution in [-0.2, 0) is 6.54 Å². The van der Waals surface area contributed by atoms with Gasteiger partial charge in [0.15, 0.2) is 6.29 Å². The SMILES string of the molecule is CN(Cc1ccccc1)C(=O)c1cc2c(cc1C=O)C(=O)NC2=O. The average Bonchev–Trinajstić information content (AvgIpc) is 2.87. The van der Waals surface area contributed by atoms with Crippen molar-refractivity contribution in [3.63, 3.8) is 0 Å². The molecule has 2 aromatic rings. The van der Waals surface area contributed by atoms with E-state index in [1.54, 1.807) is 7.05 Å². The summed E-state index contributed by atoms with van der Waals surface area (Å²) in [4.78, 5) is 48.9. The Balaban J connectivity index is 1.95. The van der Waals surface area contributed by atoms with E-state index in [1.807, 2.05) is 30.3 Å². The quantitative estimate of drug-likeness (QED) is 0.685. The highest BCUT2D eigenvalue weighted by molar-refractivity contribution is 6.23. The molecule has 0 bridgehead atoms. The summed E-state index contributed by atoms with van der Waals surface area (Å²) in [7, 11) is 1.61. The Morgan fingerprint density at radius 1 is 1.08 bits per heavy atom. The zero-order valence-corrected chi connectivity index (χ0v) is 12.9. The van der Waals surface area contributed by atoms with Crippen LogP contribution in [0.4, 0.5) is 0 Å². The molecule has 1 aliphatic heterocycles. The number of rotatable bonds is 4. The van der Waals surface area contributed by atoms with Crippen molar-refractivity contribution in [2.24, 2.45) is 0 Å². The highest BCUT2D eigenvalue weighted by Crippen LogP contribution is 2.22. The standard InChI is InChI=1S/C18H14N2O4/c1-20(9-11-5-3-2-4-6-11)18(24)13-8-15-14(7-12(13)10-21)16(22)19-17(15)23/h2-8,10H,9H2,1H3,(H,19,22,23). The molecule has 1 heterocycles. The van der Waals surface area contributed by atoms with E-state index in [2.05, 4.69) is 5.32 Å². The van der Waals surface area contributed by atoms with Gasteiger partial charge in [0.05, 0.1) is 16.7 Å². The number of imide groups is 1. The van der Waals surface area contributed by atoms with E-state index in [9.17, 15) is 19.2 Å². The molecule has 3 amide bonds. The van der Waals surface area contributed by atoms with Crippen molar-refractivity contribution in [2.75, 3.05) is 7.05 Å². The van der Waals surface area contributed by atoms with Crippen LogP contribution >= 0.6 is 0 Å². The highest BCUT2D eigenvalue weighted by Gasteiger charge is 2.30. The molecular weight excluding hydrogens is 308 g/mol. The van der Waals surface area contributed by atoms with Crippen molar-refractivity contribution < 1.29 is 19.2 Å². The Morgan fingerprint density at radius 3 is 2.33 bits per heavy atom. The van der Waals surface area contributed by atoms with Gasteiger partial charge in [0.1, 0.15) is 0 Å². The molecule has 24 heavy (non-hydrogen) atoms. The molecule has 2 aromatic carbocycles. The lowest BCUT2D eigenvalue weighted by Gasteiger charge is -2.18. The molecule has 0 fully saturated rings. The van der Waals surface area contributed by atoms with Crippen molar-refractivity contribution in [3.05, 3.63) is 70.3 Å². The molecule has 6 heteroatoms. The summed E-state index contributed by atoms with van der Waals surface area (Å²) in [6, 6.07) is 12.0. The van der Waals surface area contributed by atoms with Gasteiger partial charge in [-0.15, -0.1) is 0 Å². The number of nitrogens with one attached hydrogen (secondary N) is 1. The topological polar surface area (TPSA) is 83.6 Å². The normalized spacial score (nSPS) is 12.5. The van der Waals surface area contributed by atoms with Crippen LogP contribution in [0.25, 0.3) is 0 Å². The molecule has 0 unspecified atom stereocenters. The van der Waals surface area contributed by atoms with Gasteiger partial charge in [0.2, 0.25) is 0 Å². The number of nitrogens with zero attached hydrogens (tertiary/aromatic N) is 1. The Hall–Kier alpha value is -3.28. The van der Waals surface area contributed by atoms with Crippen LogP contribution in [-0.4, -0.2) is 36.0 Å². The van der Waals surface area contributed by atoms with Gasteiger partial charge in [0, 0.05) is 19.2 Å². The number of hydrogen-bond acceptors (Lipinski definition) is 4. The number of carbonyl (C=O) groups is 4. The first-order valence-corrected chi connectivity index (χ1v) is 7.29. The molecule has 0 aliphatic carbocycles. The van der Waals surface area contributed by atoms with Crippen molar-refractivity contribution in [2.45, 2.75) is 6.54 Å². The van der Waals surface area contributed by atoms with Crippen LogP contribution in [0.15, 0.2) is 42.5 Å². The molecule has 0 aromatic heterocycles. The summed E-state index contributed by atoms with van der Waals surface area (Å²) in [6.45, 7) is 0.361. The molecular formula is C18H14N2O4. The largest absolute Gasteiger partial charge is 0.337 e. The Morgan fingerprint density at radius 2 is 1.71 bits per heavy atom. The summed E-state index contributed by atoms with van der Waals surface area (Å²) in [5, 5.41) is 2.15. The van der Waals surface area contributed by atoms with E-state index in [0.717, 1.165) is 5.56 Å². The van der Waals surface area contributed by atoms with Crippen molar-refractivity contribution in [1.29, 1.82) is 0 Å². The Labute approximate surface area is 138 Å². The number of carbonyl (C=O) groups excluding carboxylic acids is 4. The molecule has 0 saturated heterocycles. The van der Waals surface area contributed by atoms with Gasteiger partial charge < -0.3 is 4.90 Å². The third-order valence-corrected chi connectivity index (χ3v) is 3.87. The van der Waals surface area contributed by atoms with Crippen molar-refractivity contribution in [3.8, 4) is 0 Å². The first kappa shape index (κ1) is 15.6. The first-order valence-electron chi connectivity index (χ1n) is 7.29. The van der Waals surface area contributed by atoms with Crippen molar-refractivity contribution in [1.82, 2.24) is 10.2 Å². The lowest BCUT2D eigenvalue weighted by molar-refractivity contribution is 0.0781. The lowest BCUT2D eigenvalue weighted by Crippen LogP contribution is -2.27. The number of aldehydes is 1. The van der Waals surface area contributed by atoms with E-state index in [4.69, 9.17) is 0 Å². The van der Waals surface area contributed by atoms with E-state index in [0.29, 0.717) is 12.8 Å². The van der Waals surface area contributed by atoms with Crippen LogP contribution in [0.2, 0.25) is 0 Å². The fourth-order valence-electron chi connectivity index (χ4n) is 2.65. The van der Waals surface area contributed by atoms with Crippen LogP contribution in [0, 0.1) is 0 Å². The summed E-state index contributed by atoms with van der Waals surface area (Å²) < 4.78 is 0. The van der Waals surface area contributed by atoms with Gasteiger partial charge in [0.25, 0.3) is 17.7 Å². The Kier molecular flexibility index (Phi) is 3.95. The van der Waals surface area contributed by atoms with E-state index in [1.165, 1.54) is 17.0 Å². The van der Waals surface area contributed by atoms with Crippen LogP contribution in [0.5, 0.6) is 0 Å². The van der Waals surface area contributed by atoms with Gasteiger partial charge in [-0.1, -0.05) is 30.3 Å². The molecule has 0 atom stereocenters. The molecule has 3 rings (SSSR count). The Bertz CT molecular complexity index is 859. The highest BCUT2D eigenvalue weighted by atomic mass is 16.2.